The number of benzene rings is 2. The lowest BCUT2D eigenvalue weighted by molar-refractivity contribution is 0.207. The van der Waals surface area contributed by atoms with Gasteiger partial charge in [-0.15, -0.1) is 0 Å². The van der Waals surface area contributed by atoms with Crippen LogP contribution in [-0.4, -0.2) is 31.7 Å². The van der Waals surface area contributed by atoms with E-state index in [2.05, 4.69) is 5.32 Å². The van der Waals surface area contributed by atoms with E-state index in [1.807, 2.05) is 29.2 Å². The van der Waals surface area contributed by atoms with Crippen molar-refractivity contribution in [2.45, 2.75) is 18.9 Å². The number of carbonyl (C=O) groups excluding carboxylic acids is 1. The van der Waals surface area contributed by atoms with Gasteiger partial charge in [-0.3, -0.25) is 0 Å². The van der Waals surface area contributed by atoms with Gasteiger partial charge in [0.15, 0.2) is 0 Å². The average molecular weight is 361 g/mol. The highest BCUT2D eigenvalue weighted by atomic mass is 35.5. The number of hydrogen-bond donors (Lipinski definition) is 1. The topological polar surface area (TPSA) is 50.8 Å². The molecule has 1 aliphatic heterocycles. The van der Waals surface area contributed by atoms with Crippen molar-refractivity contribution in [2.24, 2.45) is 0 Å². The minimum absolute atomic E-state index is 0.0600. The summed E-state index contributed by atoms with van der Waals surface area (Å²) in [6.45, 7) is 0.722. The monoisotopic (exact) mass is 360 g/mol. The van der Waals surface area contributed by atoms with Gasteiger partial charge in [-0.05, 0) is 30.5 Å². The predicted molar refractivity (Wildman–Crippen MR) is 98.7 cm³/mol. The summed E-state index contributed by atoms with van der Waals surface area (Å²) < 4.78 is 10.5. The molecule has 0 spiro atoms. The molecule has 2 aromatic rings. The van der Waals surface area contributed by atoms with E-state index in [0.717, 1.165) is 24.9 Å². The number of anilines is 1. The van der Waals surface area contributed by atoms with Crippen molar-refractivity contribution >= 4 is 23.3 Å². The van der Waals surface area contributed by atoms with E-state index < -0.39 is 0 Å². The molecule has 0 bridgehead atoms. The second-order valence-corrected chi connectivity index (χ2v) is 6.37. The van der Waals surface area contributed by atoms with Gasteiger partial charge in [-0.25, -0.2) is 4.79 Å². The highest BCUT2D eigenvalue weighted by molar-refractivity contribution is 6.30. The fourth-order valence-corrected chi connectivity index (χ4v) is 3.24. The molecular weight excluding hydrogens is 340 g/mol. The van der Waals surface area contributed by atoms with Crippen LogP contribution in [0.25, 0.3) is 0 Å². The fourth-order valence-electron chi connectivity index (χ4n) is 3.12. The number of carbonyl (C=O) groups is 1. The summed E-state index contributed by atoms with van der Waals surface area (Å²) in [6.07, 6.45) is 1.92. The van der Waals surface area contributed by atoms with Crippen LogP contribution >= 0.6 is 11.6 Å². The van der Waals surface area contributed by atoms with E-state index in [4.69, 9.17) is 21.1 Å². The van der Waals surface area contributed by atoms with Crippen molar-refractivity contribution < 1.29 is 14.3 Å². The lowest BCUT2D eigenvalue weighted by atomic mass is 10.1. The summed E-state index contributed by atoms with van der Waals surface area (Å²) in [5.41, 5.74) is 1.74. The zero-order valence-corrected chi connectivity index (χ0v) is 15.0. The summed E-state index contributed by atoms with van der Waals surface area (Å²) >= 11 is 5.97. The molecule has 132 valence electrons. The Morgan fingerprint density at radius 3 is 2.36 bits per heavy atom. The Morgan fingerprint density at radius 1 is 1.12 bits per heavy atom. The van der Waals surface area contributed by atoms with Gasteiger partial charge in [0, 0.05) is 35.5 Å². The standard InChI is InChI=1S/C19H21ClN2O3/c1-24-16-10-15(11-17(12-16)25-2)21-19(23)22-9-3-4-18(22)13-5-7-14(20)8-6-13/h5-8,10-12,18H,3-4,9H2,1-2H3,(H,21,23)/t18-/m0/s1. The maximum Gasteiger partial charge on any atom is 0.322 e. The van der Waals surface area contributed by atoms with Gasteiger partial charge in [0.2, 0.25) is 0 Å². The van der Waals surface area contributed by atoms with Crippen molar-refractivity contribution in [3.05, 3.63) is 53.1 Å². The van der Waals surface area contributed by atoms with Gasteiger partial charge in [0.05, 0.1) is 20.3 Å². The number of hydrogen-bond acceptors (Lipinski definition) is 3. The molecule has 0 saturated carbocycles. The van der Waals surface area contributed by atoms with Crippen molar-refractivity contribution in [1.29, 1.82) is 0 Å². The van der Waals surface area contributed by atoms with Crippen LogP contribution in [0.5, 0.6) is 11.5 Å². The third-order valence-electron chi connectivity index (χ3n) is 4.37. The molecule has 25 heavy (non-hydrogen) atoms. The predicted octanol–water partition coefficient (Wildman–Crippen LogP) is 4.73. The van der Waals surface area contributed by atoms with Crippen molar-refractivity contribution in [3.63, 3.8) is 0 Å². The molecule has 1 aliphatic rings. The second kappa shape index (κ2) is 7.66. The first-order valence-corrected chi connectivity index (χ1v) is 8.54. The zero-order valence-electron chi connectivity index (χ0n) is 14.3. The summed E-state index contributed by atoms with van der Waals surface area (Å²) in [5.74, 6) is 1.26. The Balaban J connectivity index is 1.77. The molecule has 0 aromatic heterocycles. The van der Waals surface area contributed by atoms with Crippen molar-refractivity contribution in [2.75, 3.05) is 26.1 Å². The largest absolute Gasteiger partial charge is 0.497 e. The van der Waals surface area contributed by atoms with E-state index in [1.54, 1.807) is 32.4 Å². The van der Waals surface area contributed by atoms with Crippen LogP contribution in [0.3, 0.4) is 0 Å². The third-order valence-corrected chi connectivity index (χ3v) is 4.62. The van der Waals surface area contributed by atoms with Gasteiger partial charge in [0.25, 0.3) is 0 Å². The normalized spacial score (nSPS) is 16.6. The molecule has 2 aromatic carbocycles. The van der Waals surface area contributed by atoms with Crippen LogP contribution in [0.15, 0.2) is 42.5 Å². The molecule has 2 amide bonds. The molecule has 6 heteroatoms. The Hall–Kier alpha value is -2.40. The highest BCUT2D eigenvalue weighted by Gasteiger charge is 2.30. The summed E-state index contributed by atoms with van der Waals surface area (Å²) in [6, 6.07) is 12.9. The van der Waals surface area contributed by atoms with Crippen LogP contribution in [0.1, 0.15) is 24.4 Å². The van der Waals surface area contributed by atoms with Crippen LogP contribution < -0.4 is 14.8 Å². The molecule has 0 aliphatic carbocycles. The number of urea groups is 1. The van der Waals surface area contributed by atoms with E-state index in [9.17, 15) is 4.79 Å². The molecule has 1 heterocycles. The number of methoxy groups -OCH3 is 2. The Morgan fingerprint density at radius 2 is 1.76 bits per heavy atom. The molecule has 3 rings (SSSR count). The number of amides is 2. The zero-order chi connectivity index (χ0) is 17.8. The van der Waals surface area contributed by atoms with Crippen molar-refractivity contribution in [1.82, 2.24) is 4.90 Å². The van der Waals surface area contributed by atoms with Gasteiger partial charge >= 0.3 is 6.03 Å². The quantitative estimate of drug-likeness (QED) is 0.857. The third kappa shape index (κ3) is 3.99. The maximum atomic E-state index is 12.8. The van der Waals surface area contributed by atoms with Crippen LogP contribution in [0.4, 0.5) is 10.5 Å². The smallest absolute Gasteiger partial charge is 0.322 e. The first-order valence-electron chi connectivity index (χ1n) is 8.17. The van der Waals surface area contributed by atoms with E-state index in [1.165, 1.54) is 0 Å². The van der Waals surface area contributed by atoms with Crippen LogP contribution in [-0.2, 0) is 0 Å². The minimum Gasteiger partial charge on any atom is -0.497 e. The number of halogens is 1. The Labute approximate surface area is 152 Å². The number of ether oxygens (including phenoxy) is 2. The molecule has 1 saturated heterocycles. The lowest BCUT2D eigenvalue weighted by Gasteiger charge is -2.25. The molecule has 0 radical (unpaired) electrons. The Bertz CT molecular complexity index is 727. The van der Waals surface area contributed by atoms with Gasteiger partial charge in [-0.1, -0.05) is 23.7 Å². The van der Waals surface area contributed by atoms with Crippen LogP contribution in [0.2, 0.25) is 5.02 Å². The average Bonchev–Trinajstić information content (AvgIpc) is 3.11. The molecule has 1 fully saturated rings. The molecule has 0 unspecified atom stereocenters. The van der Waals surface area contributed by atoms with Crippen LogP contribution in [0, 0.1) is 0 Å². The van der Waals surface area contributed by atoms with E-state index >= 15 is 0 Å². The maximum absolute atomic E-state index is 12.8. The highest BCUT2D eigenvalue weighted by Crippen LogP contribution is 2.33. The first-order chi connectivity index (χ1) is 12.1. The SMILES string of the molecule is COc1cc(NC(=O)N2CCC[C@H]2c2ccc(Cl)cc2)cc(OC)c1. The molecule has 5 nitrogen and oxygen atoms in total. The van der Waals surface area contributed by atoms with Gasteiger partial charge < -0.3 is 19.7 Å². The number of likely N-dealkylation sites (tertiary alicyclic amines) is 1. The van der Waals surface area contributed by atoms with Gasteiger partial charge in [-0.2, -0.15) is 0 Å². The van der Waals surface area contributed by atoms with Crippen molar-refractivity contribution in [3.8, 4) is 11.5 Å². The molecule has 1 atom stereocenters. The first kappa shape index (κ1) is 17.4. The van der Waals surface area contributed by atoms with E-state index in [0.29, 0.717) is 22.2 Å². The Kier molecular flexibility index (Phi) is 5.34. The fraction of sp³-hybridized carbons (Fsp3) is 0.316. The van der Waals surface area contributed by atoms with Gasteiger partial charge in [0.1, 0.15) is 11.5 Å². The number of nitrogens with zero attached hydrogens (tertiary/aromatic N) is 1. The summed E-state index contributed by atoms with van der Waals surface area (Å²) in [4.78, 5) is 14.6. The minimum atomic E-state index is -0.132. The van der Waals surface area contributed by atoms with E-state index in [-0.39, 0.29) is 12.1 Å². The number of nitrogens with one attached hydrogen (secondary N) is 1. The lowest BCUT2D eigenvalue weighted by Crippen LogP contribution is -2.34. The summed E-state index contributed by atoms with van der Waals surface area (Å²) in [5, 5.41) is 3.64. The number of rotatable bonds is 4. The summed E-state index contributed by atoms with van der Waals surface area (Å²) in [7, 11) is 3.16. The molecule has 1 N–H and O–H groups in total. The molecular formula is C19H21ClN2O3. The second-order valence-electron chi connectivity index (χ2n) is 5.93.